The van der Waals surface area contributed by atoms with Gasteiger partial charge in [-0.25, -0.2) is 0 Å². The van der Waals surface area contributed by atoms with Gasteiger partial charge in [-0.3, -0.25) is 4.90 Å². The number of aliphatic hydroxyl groups excluding tert-OH is 2. The zero-order valence-electron chi connectivity index (χ0n) is 17.4. The molecule has 3 rings (SSSR count). The first-order valence-electron chi connectivity index (χ1n) is 9.90. The first-order chi connectivity index (χ1) is 14.0. The third-order valence-corrected chi connectivity index (χ3v) is 5.75. The number of benzene rings is 2. The summed E-state index contributed by atoms with van der Waals surface area (Å²) in [6.07, 6.45) is 1.55. The fraction of sp³-hybridized carbons (Fsp3) is 0.478. The molecule has 1 heterocycles. The van der Waals surface area contributed by atoms with Crippen molar-refractivity contribution in [3.05, 3.63) is 53.6 Å². The molecule has 1 fully saturated rings. The van der Waals surface area contributed by atoms with Crippen molar-refractivity contribution in [3.63, 3.8) is 0 Å². The maximum atomic E-state index is 10.8. The number of rotatable bonds is 9. The highest BCUT2D eigenvalue weighted by Gasteiger charge is 2.42. The van der Waals surface area contributed by atoms with Gasteiger partial charge >= 0.3 is 0 Å². The van der Waals surface area contributed by atoms with Gasteiger partial charge in [-0.15, -0.1) is 0 Å². The Bertz CT molecular complexity index is 772. The Morgan fingerprint density at radius 3 is 2.21 bits per heavy atom. The molecule has 1 aliphatic rings. The van der Waals surface area contributed by atoms with Crippen LogP contribution >= 0.6 is 0 Å². The fourth-order valence-corrected chi connectivity index (χ4v) is 4.40. The zero-order chi connectivity index (χ0) is 20.9. The van der Waals surface area contributed by atoms with Crippen LogP contribution in [0.15, 0.2) is 42.5 Å². The van der Waals surface area contributed by atoms with Crippen molar-refractivity contribution >= 4 is 0 Å². The van der Waals surface area contributed by atoms with Crippen LogP contribution in [0.2, 0.25) is 0 Å². The third-order valence-electron chi connectivity index (χ3n) is 5.75. The lowest BCUT2D eigenvalue weighted by Gasteiger charge is -2.29. The molecule has 6 nitrogen and oxygen atoms in total. The molecular weight excluding hydrogens is 370 g/mol. The number of hydrogen-bond acceptors (Lipinski definition) is 6. The maximum absolute atomic E-state index is 10.8. The second-order valence-corrected chi connectivity index (χ2v) is 7.76. The first kappa shape index (κ1) is 21.4. The van der Waals surface area contributed by atoms with Crippen LogP contribution in [0.25, 0.3) is 0 Å². The number of nitrogens with zero attached hydrogens (tertiary/aromatic N) is 1. The summed E-state index contributed by atoms with van der Waals surface area (Å²) >= 11 is 0. The molecule has 0 saturated carbocycles. The van der Waals surface area contributed by atoms with Crippen LogP contribution in [0.3, 0.4) is 0 Å². The summed E-state index contributed by atoms with van der Waals surface area (Å²) in [6.45, 7) is 1.37. The van der Waals surface area contributed by atoms with Crippen LogP contribution in [0.4, 0.5) is 0 Å². The first-order valence-corrected chi connectivity index (χ1v) is 9.90. The second-order valence-electron chi connectivity index (χ2n) is 7.76. The third kappa shape index (κ3) is 4.83. The lowest BCUT2D eigenvalue weighted by molar-refractivity contribution is 0.0325. The van der Waals surface area contributed by atoms with E-state index in [1.807, 2.05) is 30.3 Å². The van der Waals surface area contributed by atoms with E-state index in [2.05, 4.69) is 17.0 Å². The molecule has 2 N–H and O–H groups in total. The van der Waals surface area contributed by atoms with Gasteiger partial charge in [-0.05, 0) is 47.9 Å². The Morgan fingerprint density at radius 2 is 1.66 bits per heavy atom. The Morgan fingerprint density at radius 1 is 1.00 bits per heavy atom. The van der Waals surface area contributed by atoms with Crippen molar-refractivity contribution in [2.75, 3.05) is 34.5 Å². The van der Waals surface area contributed by atoms with Crippen molar-refractivity contribution in [2.45, 2.75) is 32.0 Å². The molecule has 2 aromatic carbocycles. The van der Waals surface area contributed by atoms with Gasteiger partial charge in [-0.2, -0.15) is 0 Å². The minimum absolute atomic E-state index is 0.109. The predicted octanol–water partition coefficient (Wildman–Crippen LogP) is 2.85. The molecule has 0 aromatic heterocycles. The normalized spacial score (nSPS) is 21.9. The number of hydrogen-bond donors (Lipinski definition) is 2. The molecule has 0 aliphatic carbocycles. The van der Waals surface area contributed by atoms with Gasteiger partial charge in [0, 0.05) is 19.7 Å². The van der Waals surface area contributed by atoms with E-state index in [9.17, 15) is 10.2 Å². The maximum Gasteiger partial charge on any atom is 0.203 e. The number of ether oxygens (including phenoxy) is 3. The van der Waals surface area contributed by atoms with Gasteiger partial charge in [0.15, 0.2) is 11.5 Å². The van der Waals surface area contributed by atoms with Crippen LogP contribution in [-0.2, 0) is 13.0 Å². The Kier molecular flexibility index (Phi) is 7.00. The molecule has 2 unspecified atom stereocenters. The molecule has 0 radical (unpaired) electrons. The van der Waals surface area contributed by atoms with E-state index in [1.54, 1.807) is 21.3 Å². The highest BCUT2D eigenvalue weighted by atomic mass is 16.5. The van der Waals surface area contributed by atoms with Gasteiger partial charge in [0.05, 0.1) is 21.3 Å². The summed E-state index contributed by atoms with van der Waals surface area (Å²) in [5, 5.41) is 20.5. The van der Waals surface area contributed by atoms with E-state index < -0.39 is 6.23 Å². The standard InChI is InChI=1S/C23H31NO5/c1-27-19-11-18(12-20(28-2)22(19)29-3)15-24-16-23(9-10-25,14-21(24)26)13-17-7-5-4-6-8-17/h4-8,11-12,21,25-26H,9-10,13-16H2,1-3H3. The monoisotopic (exact) mass is 401 g/mol. The Hall–Kier alpha value is -2.28. The van der Waals surface area contributed by atoms with Gasteiger partial charge in [0.1, 0.15) is 6.23 Å². The van der Waals surface area contributed by atoms with Crippen molar-refractivity contribution < 1.29 is 24.4 Å². The molecule has 1 aliphatic heterocycles. The summed E-state index contributed by atoms with van der Waals surface area (Å²) < 4.78 is 16.3. The minimum atomic E-state index is -0.565. The highest BCUT2D eigenvalue weighted by molar-refractivity contribution is 5.53. The zero-order valence-corrected chi connectivity index (χ0v) is 17.4. The van der Waals surface area contributed by atoms with Crippen molar-refractivity contribution in [3.8, 4) is 17.2 Å². The van der Waals surface area contributed by atoms with Crippen LogP contribution in [-0.4, -0.2) is 55.8 Å². The van der Waals surface area contributed by atoms with Gasteiger partial charge in [0.2, 0.25) is 5.75 Å². The average molecular weight is 402 g/mol. The molecule has 1 saturated heterocycles. The minimum Gasteiger partial charge on any atom is -0.493 e. The highest BCUT2D eigenvalue weighted by Crippen LogP contribution is 2.42. The van der Waals surface area contributed by atoms with Crippen molar-refractivity contribution in [2.24, 2.45) is 5.41 Å². The van der Waals surface area contributed by atoms with Crippen LogP contribution in [0.5, 0.6) is 17.2 Å². The largest absolute Gasteiger partial charge is 0.493 e. The smallest absolute Gasteiger partial charge is 0.203 e. The number of methoxy groups -OCH3 is 3. The van der Waals surface area contributed by atoms with E-state index in [0.29, 0.717) is 43.2 Å². The van der Waals surface area contributed by atoms with E-state index in [4.69, 9.17) is 14.2 Å². The summed E-state index contributed by atoms with van der Waals surface area (Å²) in [4.78, 5) is 2.05. The van der Waals surface area contributed by atoms with Crippen LogP contribution in [0, 0.1) is 5.41 Å². The SMILES string of the molecule is COc1cc(CN2CC(CCO)(Cc3ccccc3)CC2O)cc(OC)c1OC. The van der Waals surface area contributed by atoms with E-state index in [0.717, 1.165) is 12.0 Å². The van der Waals surface area contributed by atoms with Crippen LogP contribution < -0.4 is 14.2 Å². The molecule has 2 aromatic rings. The van der Waals surface area contributed by atoms with E-state index >= 15 is 0 Å². The van der Waals surface area contributed by atoms with Crippen molar-refractivity contribution in [1.82, 2.24) is 4.90 Å². The molecule has 6 heteroatoms. The average Bonchev–Trinajstić information content (AvgIpc) is 3.02. The Balaban J connectivity index is 1.81. The van der Waals surface area contributed by atoms with E-state index in [-0.39, 0.29) is 12.0 Å². The molecule has 29 heavy (non-hydrogen) atoms. The summed E-state index contributed by atoms with van der Waals surface area (Å²) in [5.74, 6) is 1.75. The molecule has 158 valence electrons. The topological polar surface area (TPSA) is 71.4 Å². The predicted molar refractivity (Wildman–Crippen MR) is 111 cm³/mol. The molecule has 2 atom stereocenters. The van der Waals surface area contributed by atoms with Gasteiger partial charge < -0.3 is 24.4 Å². The van der Waals surface area contributed by atoms with Gasteiger partial charge in [-0.1, -0.05) is 30.3 Å². The van der Waals surface area contributed by atoms with E-state index in [1.165, 1.54) is 5.56 Å². The quantitative estimate of drug-likeness (QED) is 0.673. The second kappa shape index (κ2) is 9.48. The summed E-state index contributed by atoms with van der Waals surface area (Å²) in [7, 11) is 4.77. The number of likely N-dealkylation sites (tertiary alicyclic amines) is 1. The summed E-state index contributed by atoms with van der Waals surface area (Å²) in [5.41, 5.74) is 2.04. The molecule has 0 spiro atoms. The lowest BCUT2D eigenvalue weighted by atomic mass is 9.78. The number of aliphatic hydroxyl groups is 2. The Labute approximate surface area is 172 Å². The van der Waals surface area contributed by atoms with Gasteiger partial charge in [0.25, 0.3) is 0 Å². The molecule has 0 amide bonds. The lowest BCUT2D eigenvalue weighted by Crippen LogP contribution is -2.31. The fourth-order valence-electron chi connectivity index (χ4n) is 4.40. The summed E-state index contributed by atoms with van der Waals surface area (Å²) in [6, 6.07) is 14.1. The molecular formula is C23H31NO5. The van der Waals surface area contributed by atoms with Crippen LogP contribution in [0.1, 0.15) is 24.0 Å². The molecule has 0 bridgehead atoms. The van der Waals surface area contributed by atoms with Crippen molar-refractivity contribution in [1.29, 1.82) is 0 Å².